The normalized spacial score (nSPS) is 22.3. The Hall–Kier alpha value is -1.73. The van der Waals surface area contributed by atoms with Crippen molar-refractivity contribution in [3.8, 4) is 0 Å². The second-order valence-electron chi connectivity index (χ2n) is 4.41. The van der Waals surface area contributed by atoms with E-state index in [2.05, 4.69) is 5.32 Å². The summed E-state index contributed by atoms with van der Waals surface area (Å²) in [7, 11) is 1.26. The minimum Gasteiger partial charge on any atom is -0.481 e. The van der Waals surface area contributed by atoms with Crippen LogP contribution in [0.3, 0.4) is 0 Å². The Morgan fingerprint density at radius 3 is 2.53 bits per heavy atom. The average Bonchev–Trinajstić information content (AvgIpc) is 2.73. The number of halogens is 3. The van der Waals surface area contributed by atoms with E-state index in [-0.39, 0.29) is 6.42 Å². The van der Waals surface area contributed by atoms with Crippen LogP contribution < -0.4 is 5.32 Å². The van der Waals surface area contributed by atoms with E-state index in [1.165, 1.54) is 19.2 Å². The number of amides is 2. The first kappa shape index (κ1) is 15.3. The predicted molar refractivity (Wildman–Crippen MR) is 60.5 cm³/mol. The Kier molecular flexibility index (Phi) is 4.79. The molecule has 5 nitrogen and oxygen atoms in total. The van der Waals surface area contributed by atoms with Gasteiger partial charge in [0, 0.05) is 13.6 Å². The summed E-state index contributed by atoms with van der Waals surface area (Å²) in [5.74, 6) is -1.65. The van der Waals surface area contributed by atoms with Crippen LogP contribution in [0.25, 0.3) is 0 Å². The maximum atomic E-state index is 12.0. The molecular weight excluding hydrogens is 265 g/mol. The Balaban J connectivity index is 2.36. The molecule has 2 amide bonds. The number of nitrogens with one attached hydrogen (secondary N) is 1. The highest BCUT2D eigenvalue weighted by Gasteiger charge is 2.29. The Morgan fingerprint density at radius 2 is 2.05 bits per heavy atom. The highest BCUT2D eigenvalue weighted by Crippen LogP contribution is 2.20. The zero-order chi connectivity index (χ0) is 14.6. The maximum Gasteiger partial charge on any atom is 0.390 e. The summed E-state index contributed by atoms with van der Waals surface area (Å²) in [6.45, 7) is -0.436. The highest BCUT2D eigenvalue weighted by atomic mass is 19.4. The number of alkyl halides is 3. The van der Waals surface area contributed by atoms with Crippen molar-refractivity contribution >= 4 is 12.0 Å². The van der Waals surface area contributed by atoms with Crippen molar-refractivity contribution in [2.75, 3.05) is 13.6 Å². The molecule has 2 unspecified atom stereocenters. The Bertz CT molecular complexity index is 382. The van der Waals surface area contributed by atoms with Crippen LogP contribution in [-0.4, -0.2) is 47.8 Å². The van der Waals surface area contributed by atoms with Crippen molar-refractivity contribution < 1.29 is 27.9 Å². The van der Waals surface area contributed by atoms with E-state index in [4.69, 9.17) is 5.11 Å². The summed E-state index contributed by atoms with van der Waals surface area (Å²) in [6, 6.07) is -1.10. The largest absolute Gasteiger partial charge is 0.481 e. The van der Waals surface area contributed by atoms with Gasteiger partial charge >= 0.3 is 18.2 Å². The molecular formula is C11H15F3N2O3. The summed E-state index contributed by atoms with van der Waals surface area (Å²) in [5.41, 5.74) is 0. The van der Waals surface area contributed by atoms with Gasteiger partial charge < -0.3 is 15.3 Å². The van der Waals surface area contributed by atoms with Gasteiger partial charge in [-0.05, 0) is 6.42 Å². The molecule has 0 aromatic heterocycles. The minimum absolute atomic E-state index is 0.216. The van der Waals surface area contributed by atoms with Crippen molar-refractivity contribution in [3.63, 3.8) is 0 Å². The fourth-order valence-electron chi connectivity index (χ4n) is 1.65. The van der Waals surface area contributed by atoms with Gasteiger partial charge in [-0.25, -0.2) is 4.79 Å². The number of hydrogen-bond acceptors (Lipinski definition) is 2. The van der Waals surface area contributed by atoms with Crippen LogP contribution in [0.15, 0.2) is 12.2 Å². The fraction of sp³-hybridized carbons (Fsp3) is 0.636. The predicted octanol–water partition coefficient (Wildman–Crippen LogP) is 1.61. The lowest BCUT2D eigenvalue weighted by molar-refractivity contribution is -0.140. The van der Waals surface area contributed by atoms with Crippen molar-refractivity contribution in [3.05, 3.63) is 12.2 Å². The molecule has 0 fully saturated rings. The van der Waals surface area contributed by atoms with Crippen molar-refractivity contribution in [2.45, 2.75) is 25.1 Å². The monoisotopic (exact) mass is 280 g/mol. The number of urea groups is 1. The number of carbonyl (C=O) groups excluding carboxylic acids is 1. The molecule has 2 N–H and O–H groups in total. The van der Waals surface area contributed by atoms with Crippen molar-refractivity contribution in [2.24, 2.45) is 5.92 Å². The molecule has 0 aliphatic heterocycles. The van der Waals surface area contributed by atoms with E-state index in [9.17, 15) is 22.8 Å². The van der Waals surface area contributed by atoms with Crippen LogP contribution >= 0.6 is 0 Å². The van der Waals surface area contributed by atoms with E-state index in [0.29, 0.717) is 0 Å². The molecule has 2 atom stereocenters. The zero-order valence-electron chi connectivity index (χ0n) is 10.3. The van der Waals surface area contributed by atoms with E-state index in [0.717, 1.165) is 4.90 Å². The number of carboxylic acid groups (broad SMARTS) is 1. The highest BCUT2D eigenvalue weighted by molar-refractivity contribution is 5.76. The van der Waals surface area contributed by atoms with Crippen LogP contribution in [0.1, 0.15) is 12.8 Å². The molecule has 0 radical (unpaired) electrons. The van der Waals surface area contributed by atoms with E-state index in [1.54, 1.807) is 0 Å². The molecule has 0 spiro atoms. The molecule has 0 aromatic carbocycles. The number of carboxylic acids is 1. The van der Waals surface area contributed by atoms with E-state index >= 15 is 0 Å². The quantitative estimate of drug-likeness (QED) is 0.769. The first-order valence-electron chi connectivity index (χ1n) is 5.68. The summed E-state index contributed by atoms with van der Waals surface area (Å²) in [5, 5.41) is 11.2. The topological polar surface area (TPSA) is 69.6 Å². The zero-order valence-corrected chi connectivity index (χ0v) is 10.3. The fourth-order valence-corrected chi connectivity index (χ4v) is 1.65. The number of rotatable bonds is 4. The van der Waals surface area contributed by atoms with Crippen molar-refractivity contribution in [1.29, 1.82) is 0 Å². The third kappa shape index (κ3) is 5.19. The molecule has 1 rings (SSSR count). The molecule has 0 saturated carbocycles. The lowest BCUT2D eigenvalue weighted by atomic mass is 10.1. The van der Waals surface area contributed by atoms with E-state index < -0.39 is 43.1 Å². The van der Waals surface area contributed by atoms with Gasteiger partial charge in [0.1, 0.15) is 0 Å². The van der Waals surface area contributed by atoms with Gasteiger partial charge in [-0.2, -0.15) is 13.2 Å². The Labute approximate surface area is 108 Å². The Morgan fingerprint density at radius 1 is 1.42 bits per heavy atom. The number of nitrogens with zero attached hydrogens (tertiary/aromatic N) is 1. The van der Waals surface area contributed by atoms with Crippen LogP contribution in [0.5, 0.6) is 0 Å². The molecule has 19 heavy (non-hydrogen) atoms. The minimum atomic E-state index is -4.31. The molecule has 1 aliphatic rings. The van der Waals surface area contributed by atoms with Gasteiger partial charge in [0.15, 0.2) is 0 Å². The van der Waals surface area contributed by atoms with Gasteiger partial charge in [0.25, 0.3) is 0 Å². The van der Waals surface area contributed by atoms with Crippen LogP contribution in [-0.2, 0) is 4.79 Å². The third-order valence-corrected chi connectivity index (χ3v) is 2.79. The number of carbonyl (C=O) groups is 2. The second kappa shape index (κ2) is 5.94. The van der Waals surface area contributed by atoms with Gasteiger partial charge in [-0.3, -0.25) is 4.79 Å². The maximum absolute atomic E-state index is 12.0. The van der Waals surface area contributed by atoms with Crippen LogP contribution in [0, 0.1) is 5.92 Å². The molecule has 0 heterocycles. The van der Waals surface area contributed by atoms with Crippen LogP contribution in [0.4, 0.5) is 18.0 Å². The molecule has 1 aliphatic carbocycles. The summed E-state index contributed by atoms with van der Waals surface area (Å²) in [4.78, 5) is 23.2. The number of aliphatic carboxylic acids is 1. The SMILES string of the molecule is CN(CCC(F)(F)F)C(=O)NC1C=CC(C(=O)O)C1. The first-order valence-corrected chi connectivity index (χ1v) is 5.68. The average molecular weight is 280 g/mol. The van der Waals surface area contributed by atoms with Gasteiger partial charge in [0.2, 0.25) is 0 Å². The molecule has 0 saturated heterocycles. The molecule has 0 aromatic rings. The second-order valence-corrected chi connectivity index (χ2v) is 4.41. The van der Waals surface area contributed by atoms with Crippen LogP contribution in [0.2, 0.25) is 0 Å². The first-order chi connectivity index (χ1) is 8.69. The third-order valence-electron chi connectivity index (χ3n) is 2.79. The summed E-state index contributed by atoms with van der Waals surface area (Å²) >= 11 is 0. The van der Waals surface area contributed by atoms with E-state index in [1.807, 2.05) is 0 Å². The van der Waals surface area contributed by atoms with Gasteiger partial charge in [-0.15, -0.1) is 0 Å². The molecule has 108 valence electrons. The van der Waals surface area contributed by atoms with Gasteiger partial charge in [-0.1, -0.05) is 12.2 Å². The number of hydrogen-bond donors (Lipinski definition) is 2. The molecule has 0 bridgehead atoms. The van der Waals surface area contributed by atoms with Gasteiger partial charge in [0.05, 0.1) is 18.4 Å². The summed E-state index contributed by atoms with van der Waals surface area (Å²) in [6.07, 6.45) is -2.17. The lowest BCUT2D eigenvalue weighted by Gasteiger charge is -2.21. The van der Waals surface area contributed by atoms with Crippen molar-refractivity contribution in [1.82, 2.24) is 10.2 Å². The molecule has 8 heteroatoms. The standard InChI is InChI=1S/C11H15F3N2O3/c1-16(5-4-11(12,13)14)10(19)15-8-3-2-7(6-8)9(17)18/h2-3,7-8H,4-6H2,1H3,(H,15,19)(H,17,18). The smallest absolute Gasteiger partial charge is 0.390 e. The summed E-state index contributed by atoms with van der Waals surface area (Å²) < 4.78 is 36.0. The lowest BCUT2D eigenvalue weighted by Crippen LogP contribution is -2.43.